The Balaban J connectivity index is 1.76. The first-order valence-electron chi connectivity index (χ1n) is 7.90. The van der Waals surface area contributed by atoms with Crippen molar-refractivity contribution in [1.82, 2.24) is 15.4 Å². The number of hydrogen-bond acceptors (Lipinski definition) is 6. The normalized spacial score (nSPS) is 10.6. The van der Waals surface area contributed by atoms with Crippen LogP contribution in [0.1, 0.15) is 26.4 Å². The number of halogens is 2. The first-order valence-corrected chi connectivity index (χ1v) is 9.07. The highest BCUT2D eigenvalue weighted by Crippen LogP contribution is 2.24. The van der Waals surface area contributed by atoms with Crippen LogP contribution in [0.15, 0.2) is 70.6 Å². The summed E-state index contributed by atoms with van der Waals surface area (Å²) in [5.41, 5.74) is 3.17. The molecule has 0 radical (unpaired) electrons. The lowest BCUT2D eigenvalue weighted by Gasteiger charge is -2.09. The van der Waals surface area contributed by atoms with Crippen LogP contribution in [-0.4, -0.2) is 28.1 Å². The number of nitrogens with one attached hydrogen (secondary N) is 1. The largest absolute Gasteiger partial charge is 0.422 e. The Morgan fingerprint density at radius 1 is 1.18 bits per heavy atom. The molecule has 3 aromatic rings. The summed E-state index contributed by atoms with van der Waals surface area (Å²) < 4.78 is 6.18. The predicted molar refractivity (Wildman–Crippen MR) is 108 cm³/mol. The summed E-state index contributed by atoms with van der Waals surface area (Å²) in [5, 5.41) is 4.17. The van der Waals surface area contributed by atoms with Gasteiger partial charge in [0, 0.05) is 22.4 Å². The van der Waals surface area contributed by atoms with Crippen LogP contribution in [0.3, 0.4) is 0 Å². The van der Waals surface area contributed by atoms with E-state index in [4.69, 9.17) is 16.3 Å². The number of carbonyl (C=O) groups is 2. The van der Waals surface area contributed by atoms with Crippen molar-refractivity contribution in [2.24, 2.45) is 5.10 Å². The van der Waals surface area contributed by atoms with Gasteiger partial charge in [-0.1, -0.05) is 39.7 Å². The molecular weight excluding hydrogens is 448 g/mol. The van der Waals surface area contributed by atoms with Crippen LogP contribution in [0.25, 0.3) is 0 Å². The number of hydrogen-bond donors (Lipinski definition) is 1. The summed E-state index contributed by atoms with van der Waals surface area (Å²) in [7, 11) is 0. The van der Waals surface area contributed by atoms with Crippen molar-refractivity contribution in [3.63, 3.8) is 0 Å². The van der Waals surface area contributed by atoms with Gasteiger partial charge in [-0.05, 0) is 30.3 Å². The number of nitrogens with zero attached hydrogens (tertiary/aromatic N) is 3. The van der Waals surface area contributed by atoms with E-state index in [1.165, 1.54) is 24.8 Å². The molecule has 140 valence electrons. The first kappa shape index (κ1) is 19.7. The van der Waals surface area contributed by atoms with Gasteiger partial charge in [0.05, 0.1) is 23.0 Å². The Kier molecular flexibility index (Phi) is 6.46. The summed E-state index contributed by atoms with van der Waals surface area (Å²) in [4.78, 5) is 32.0. The van der Waals surface area contributed by atoms with Gasteiger partial charge in [0.15, 0.2) is 0 Å². The fourth-order valence-corrected chi connectivity index (χ4v) is 2.72. The Hall–Kier alpha value is -3.10. The smallest absolute Gasteiger partial charge is 0.345 e. The van der Waals surface area contributed by atoms with Crippen LogP contribution >= 0.6 is 27.5 Å². The fourth-order valence-electron chi connectivity index (χ4n) is 2.13. The van der Waals surface area contributed by atoms with E-state index in [9.17, 15) is 9.59 Å². The monoisotopic (exact) mass is 458 g/mol. The zero-order valence-electron chi connectivity index (χ0n) is 14.2. The van der Waals surface area contributed by atoms with Crippen molar-refractivity contribution in [3.8, 4) is 5.75 Å². The highest BCUT2D eigenvalue weighted by Gasteiger charge is 2.14. The maximum Gasteiger partial charge on any atom is 0.345 e. The van der Waals surface area contributed by atoms with Gasteiger partial charge >= 0.3 is 5.97 Å². The Labute approximate surface area is 173 Å². The number of benzene rings is 2. The summed E-state index contributed by atoms with van der Waals surface area (Å²) in [6.45, 7) is 0. The van der Waals surface area contributed by atoms with Gasteiger partial charge in [-0.3, -0.25) is 9.78 Å². The SMILES string of the molecule is O=C(NN=Cc1cc(Br)ccc1OC(=O)c1ccccc1Cl)c1cnccn1. The molecule has 0 unspecified atom stereocenters. The summed E-state index contributed by atoms with van der Waals surface area (Å²) in [6, 6.07) is 11.6. The molecule has 0 saturated carbocycles. The predicted octanol–water partition coefficient (Wildman–Crippen LogP) is 3.88. The summed E-state index contributed by atoms with van der Waals surface area (Å²) in [5.74, 6) is -0.870. The number of amides is 1. The molecule has 1 heterocycles. The molecule has 0 aliphatic heterocycles. The Morgan fingerprint density at radius 3 is 2.75 bits per heavy atom. The van der Waals surface area contributed by atoms with E-state index < -0.39 is 11.9 Å². The lowest BCUT2D eigenvalue weighted by Crippen LogP contribution is -2.19. The highest BCUT2D eigenvalue weighted by molar-refractivity contribution is 9.10. The van der Waals surface area contributed by atoms with Crippen molar-refractivity contribution in [2.75, 3.05) is 0 Å². The van der Waals surface area contributed by atoms with Gasteiger partial charge in [-0.15, -0.1) is 0 Å². The lowest BCUT2D eigenvalue weighted by atomic mass is 10.2. The molecule has 3 rings (SSSR count). The molecule has 0 atom stereocenters. The molecule has 9 heteroatoms. The van der Waals surface area contributed by atoms with E-state index in [2.05, 4.69) is 36.4 Å². The standard InChI is InChI=1S/C19H12BrClN4O3/c20-13-5-6-17(28-19(27)14-3-1-2-4-15(14)21)12(9-13)10-24-25-18(26)16-11-22-7-8-23-16/h1-11H,(H,25,26). The van der Waals surface area contributed by atoms with Gasteiger partial charge in [0.2, 0.25) is 0 Å². The lowest BCUT2D eigenvalue weighted by molar-refractivity contribution is 0.0734. The number of carbonyl (C=O) groups excluding carboxylic acids is 2. The number of aromatic nitrogens is 2. The van der Waals surface area contributed by atoms with E-state index in [0.29, 0.717) is 5.56 Å². The molecule has 2 aromatic carbocycles. The number of ether oxygens (including phenoxy) is 1. The van der Waals surface area contributed by atoms with Crippen molar-refractivity contribution in [2.45, 2.75) is 0 Å². The topological polar surface area (TPSA) is 93.5 Å². The van der Waals surface area contributed by atoms with E-state index >= 15 is 0 Å². The van der Waals surface area contributed by atoms with Crippen LogP contribution in [0.5, 0.6) is 5.75 Å². The summed E-state index contributed by atoms with van der Waals surface area (Å²) in [6.07, 6.45) is 5.54. The zero-order chi connectivity index (χ0) is 19.9. The first-order chi connectivity index (χ1) is 13.5. The minimum Gasteiger partial charge on any atom is -0.422 e. The second-order valence-corrected chi connectivity index (χ2v) is 6.66. The Bertz CT molecular complexity index is 1040. The van der Waals surface area contributed by atoms with Crippen molar-refractivity contribution < 1.29 is 14.3 Å². The van der Waals surface area contributed by atoms with Crippen LogP contribution < -0.4 is 10.2 Å². The maximum atomic E-state index is 12.4. The number of rotatable bonds is 5. The van der Waals surface area contributed by atoms with Gasteiger partial charge < -0.3 is 4.74 Å². The zero-order valence-corrected chi connectivity index (χ0v) is 16.5. The molecule has 1 amide bonds. The molecule has 1 aromatic heterocycles. The average molecular weight is 460 g/mol. The van der Waals surface area contributed by atoms with E-state index in [0.717, 1.165) is 4.47 Å². The molecular formula is C19H12BrClN4O3. The quantitative estimate of drug-likeness (QED) is 0.270. The van der Waals surface area contributed by atoms with Gasteiger partial charge in [-0.2, -0.15) is 5.10 Å². The minimum atomic E-state index is -0.605. The van der Waals surface area contributed by atoms with Crippen LogP contribution in [0.2, 0.25) is 5.02 Å². The van der Waals surface area contributed by atoms with E-state index in [1.807, 2.05) is 0 Å². The van der Waals surface area contributed by atoms with Crippen LogP contribution in [0.4, 0.5) is 0 Å². The maximum absolute atomic E-state index is 12.4. The van der Waals surface area contributed by atoms with Gasteiger partial charge in [0.1, 0.15) is 11.4 Å². The van der Waals surface area contributed by atoms with Crippen molar-refractivity contribution >= 4 is 45.6 Å². The molecule has 28 heavy (non-hydrogen) atoms. The van der Waals surface area contributed by atoms with Crippen LogP contribution in [0, 0.1) is 0 Å². The second-order valence-electron chi connectivity index (χ2n) is 5.34. The molecule has 0 spiro atoms. The molecule has 7 nitrogen and oxygen atoms in total. The third kappa shape index (κ3) is 4.99. The van der Waals surface area contributed by atoms with Gasteiger partial charge in [-0.25, -0.2) is 15.2 Å². The molecule has 0 aliphatic carbocycles. The Morgan fingerprint density at radius 2 is 2.00 bits per heavy atom. The molecule has 0 fully saturated rings. The third-order valence-electron chi connectivity index (χ3n) is 3.43. The van der Waals surface area contributed by atoms with Gasteiger partial charge in [0.25, 0.3) is 5.91 Å². The summed E-state index contributed by atoms with van der Waals surface area (Å²) >= 11 is 9.38. The third-order valence-corrected chi connectivity index (χ3v) is 4.26. The highest BCUT2D eigenvalue weighted by atomic mass is 79.9. The minimum absolute atomic E-state index is 0.124. The van der Waals surface area contributed by atoms with Crippen molar-refractivity contribution in [3.05, 3.63) is 87.4 Å². The average Bonchev–Trinajstić information content (AvgIpc) is 2.70. The van der Waals surface area contributed by atoms with E-state index in [1.54, 1.807) is 42.5 Å². The fraction of sp³-hybridized carbons (Fsp3) is 0. The molecule has 0 bridgehead atoms. The van der Waals surface area contributed by atoms with E-state index in [-0.39, 0.29) is 22.0 Å². The van der Waals surface area contributed by atoms with Crippen LogP contribution in [-0.2, 0) is 0 Å². The molecule has 0 aliphatic rings. The van der Waals surface area contributed by atoms with Crippen molar-refractivity contribution in [1.29, 1.82) is 0 Å². The molecule has 0 saturated heterocycles. The number of hydrazone groups is 1. The molecule has 1 N–H and O–H groups in total. The number of esters is 1. The second kappa shape index (κ2) is 9.20.